The Balaban J connectivity index is 1.78. The van der Waals surface area contributed by atoms with Gasteiger partial charge in [0, 0.05) is 19.0 Å². The van der Waals surface area contributed by atoms with Crippen LogP contribution in [0.3, 0.4) is 0 Å². The number of nitrogens with zero attached hydrogens (tertiary/aromatic N) is 1. The van der Waals surface area contributed by atoms with Crippen LogP contribution in [0.25, 0.3) is 0 Å². The quantitative estimate of drug-likeness (QED) is 0.374. The molecule has 0 aromatic heterocycles. The minimum absolute atomic E-state index is 0.0527. The summed E-state index contributed by atoms with van der Waals surface area (Å²) in [4.78, 5) is 28.7. The number of carbonyl (C=O) groups excluding carboxylic acids is 2. The Labute approximate surface area is 221 Å². The molecule has 0 bridgehead atoms. The zero-order chi connectivity index (χ0) is 26.6. The molecule has 0 saturated heterocycles. The minimum atomic E-state index is -0.529. The summed E-state index contributed by atoms with van der Waals surface area (Å²) in [5, 5.41) is 3.20. The normalized spacial score (nSPS) is 14.2. The first kappa shape index (κ1) is 28.4. The third-order valence-electron chi connectivity index (χ3n) is 6.81. The topological polar surface area (TPSA) is 77.1 Å². The van der Waals surface area contributed by atoms with Gasteiger partial charge in [0.1, 0.15) is 11.8 Å². The molecule has 1 aliphatic rings. The second kappa shape index (κ2) is 14.5. The van der Waals surface area contributed by atoms with E-state index in [9.17, 15) is 9.59 Å². The maximum atomic E-state index is 13.7. The fraction of sp³-hybridized carbons (Fsp3) is 0.533. The van der Waals surface area contributed by atoms with E-state index < -0.39 is 6.04 Å². The van der Waals surface area contributed by atoms with Crippen molar-refractivity contribution in [1.29, 1.82) is 0 Å². The highest BCUT2D eigenvalue weighted by molar-refractivity contribution is 5.88. The molecule has 1 N–H and O–H groups in total. The fourth-order valence-corrected chi connectivity index (χ4v) is 4.90. The number of rotatable bonds is 14. The predicted molar refractivity (Wildman–Crippen MR) is 145 cm³/mol. The molecule has 7 nitrogen and oxygen atoms in total. The number of nitrogens with one attached hydrogen (secondary N) is 1. The van der Waals surface area contributed by atoms with Crippen LogP contribution in [0, 0.1) is 0 Å². The molecule has 37 heavy (non-hydrogen) atoms. The van der Waals surface area contributed by atoms with Crippen LogP contribution in [0.4, 0.5) is 0 Å². The fourth-order valence-electron chi connectivity index (χ4n) is 4.90. The van der Waals surface area contributed by atoms with Gasteiger partial charge in [0.05, 0.1) is 20.3 Å². The lowest BCUT2D eigenvalue weighted by Gasteiger charge is -2.31. The van der Waals surface area contributed by atoms with Gasteiger partial charge in [-0.15, -0.1) is 0 Å². The molecule has 1 fully saturated rings. The number of hydrogen-bond acceptors (Lipinski definition) is 5. The van der Waals surface area contributed by atoms with Crippen molar-refractivity contribution in [3.63, 3.8) is 0 Å². The minimum Gasteiger partial charge on any atom is -0.497 e. The van der Waals surface area contributed by atoms with Crippen LogP contribution >= 0.6 is 0 Å². The van der Waals surface area contributed by atoms with E-state index in [-0.39, 0.29) is 24.3 Å². The number of amides is 2. The van der Waals surface area contributed by atoms with E-state index in [0.717, 1.165) is 42.6 Å². The Morgan fingerprint density at radius 1 is 0.973 bits per heavy atom. The van der Waals surface area contributed by atoms with Gasteiger partial charge in [-0.3, -0.25) is 9.59 Å². The Morgan fingerprint density at radius 2 is 1.70 bits per heavy atom. The van der Waals surface area contributed by atoms with E-state index >= 15 is 0 Å². The van der Waals surface area contributed by atoms with Crippen LogP contribution in [-0.2, 0) is 22.6 Å². The van der Waals surface area contributed by atoms with Crippen LogP contribution in [0.2, 0.25) is 0 Å². The summed E-state index contributed by atoms with van der Waals surface area (Å²) in [6.07, 6.45) is 5.67. The lowest BCUT2D eigenvalue weighted by Crippen LogP contribution is -2.51. The maximum absolute atomic E-state index is 13.7. The van der Waals surface area contributed by atoms with Crippen molar-refractivity contribution in [2.75, 3.05) is 20.3 Å². The molecule has 2 aromatic rings. The number of aryl methyl sites for hydroxylation is 1. The summed E-state index contributed by atoms with van der Waals surface area (Å²) >= 11 is 0. The molecular formula is C30H42N2O5. The summed E-state index contributed by atoms with van der Waals surface area (Å²) in [6, 6.07) is 13.2. The highest BCUT2D eigenvalue weighted by Crippen LogP contribution is 2.29. The van der Waals surface area contributed by atoms with Gasteiger partial charge in [-0.2, -0.15) is 0 Å². The molecule has 1 saturated carbocycles. The average molecular weight is 511 g/mol. The number of ether oxygens (including phenoxy) is 3. The molecule has 0 spiro atoms. The van der Waals surface area contributed by atoms with Crippen molar-refractivity contribution in [3.05, 3.63) is 53.6 Å². The molecule has 0 radical (unpaired) electrons. The Hall–Kier alpha value is -3.22. The molecule has 3 rings (SSSR count). The molecule has 7 heteroatoms. The molecule has 0 heterocycles. The zero-order valence-corrected chi connectivity index (χ0v) is 22.8. The van der Waals surface area contributed by atoms with Gasteiger partial charge in [0.15, 0.2) is 11.5 Å². The molecule has 0 aliphatic heterocycles. The van der Waals surface area contributed by atoms with Gasteiger partial charge >= 0.3 is 0 Å². The number of hydrogen-bond donors (Lipinski definition) is 1. The van der Waals surface area contributed by atoms with Gasteiger partial charge < -0.3 is 24.4 Å². The van der Waals surface area contributed by atoms with Crippen molar-refractivity contribution in [1.82, 2.24) is 10.2 Å². The van der Waals surface area contributed by atoms with Crippen LogP contribution in [0.15, 0.2) is 42.5 Å². The highest BCUT2D eigenvalue weighted by Gasteiger charge is 2.30. The zero-order valence-electron chi connectivity index (χ0n) is 22.8. The third kappa shape index (κ3) is 8.14. The molecular weight excluding hydrogens is 468 g/mol. The van der Waals surface area contributed by atoms with Gasteiger partial charge in [-0.05, 0) is 74.9 Å². The molecule has 1 aliphatic carbocycles. The Bertz CT molecular complexity index is 1020. The predicted octanol–water partition coefficient (Wildman–Crippen LogP) is 5.29. The standard InChI is InChI=1S/C30H42N2O5/c1-5-26(30(34)31-24-12-8-9-13-24)32(21-23-11-10-14-25(19-23)35-4)29(33)18-16-22-15-17-27(36-6-2)28(20-22)37-7-3/h10-11,14-15,17,19-20,24,26H,5-9,12-13,16,18,21H2,1-4H3,(H,31,34)/t26-/m1/s1. The maximum Gasteiger partial charge on any atom is 0.243 e. The first-order valence-electron chi connectivity index (χ1n) is 13.6. The van der Waals surface area contributed by atoms with Crippen molar-refractivity contribution >= 4 is 11.8 Å². The van der Waals surface area contributed by atoms with Gasteiger partial charge in [0.2, 0.25) is 11.8 Å². The number of benzene rings is 2. The van der Waals surface area contributed by atoms with Crippen LogP contribution in [-0.4, -0.2) is 49.1 Å². The first-order valence-corrected chi connectivity index (χ1v) is 13.6. The van der Waals surface area contributed by atoms with E-state index in [1.165, 1.54) is 0 Å². The highest BCUT2D eigenvalue weighted by atomic mass is 16.5. The number of carbonyl (C=O) groups is 2. The molecule has 202 valence electrons. The third-order valence-corrected chi connectivity index (χ3v) is 6.81. The SMILES string of the molecule is CCOc1ccc(CCC(=O)N(Cc2cccc(OC)c2)[C@H](CC)C(=O)NC2CCCC2)cc1OCC. The average Bonchev–Trinajstić information content (AvgIpc) is 3.42. The summed E-state index contributed by atoms with van der Waals surface area (Å²) in [7, 11) is 1.62. The van der Waals surface area contributed by atoms with E-state index in [2.05, 4.69) is 5.32 Å². The van der Waals surface area contributed by atoms with Crippen LogP contribution < -0.4 is 19.5 Å². The molecule has 1 atom stereocenters. The van der Waals surface area contributed by atoms with Crippen molar-refractivity contribution in [2.45, 2.75) is 84.3 Å². The van der Waals surface area contributed by atoms with E-state index in [1.54, 1.807) is 12.0 Å². The molecule has 2 amide bonds. The smallest absolute Gasteiger partial charge is 0.243 e. The summed E-state index contributed by atoms with van der Waals surface area (Å²) in [6.45, 7) is 7.27. The summed E-state index contributed by atoms with van der Waals surface area (Å²) < 4.78 is 16.8. The molecule has 2 aromatic carbocycles. The Morgan fingerprint density at radius 3 is 2.38 bits per heavy atom. The second-order valence-electron chi connectivity index (χ2n) is 9.43. The first-order chi connectivity index (χ1) is 18.0. The lowest BCUT2D eigenvalue weighted by molar-refractivity contribution is -0.141. The van der Waals surface area contributed by atoms with Crippen LogP contribution in [0.5, 0.6) is 17.2 Å². The summed E-state index contributed by atoms with van der Waals surface area (Å²) in [5.74, 6) is 2.00. The van der Waals surface area contributed by atoms with Crippen LogP contribution in [0.1, 0.15) is 70.4 Å². The second-order valence-corrected chi connectivity index (χ2v) is 9.43. The van der Waals surface area contributed by atoms with E-state index in [0.29, 0.717) is 44.1 Å². The van der Waals surface area contributed by atoms with E-state index in [4.69, 9.17) is 14.2 Å². The Kier molecular flexibility index (Phi) is 11.1. The number of methoxy groups -OCH3 is 1. The monoisotopic (exact) mass is 510 g/mol. The van der Waals surface area contributed by atoms with Gasteiger partial charge in [-0.25, -0.2) is 0 Å². The molecule has 0 unspecified atom stereocenters. The van der Waals surface area contributed by atoms with Crippen molar-refractivity contribution < 1.29 is 23.8 Å². The van der Waals surface area contributed by atoms with E-state index in [1.807, 2.05) is 63.2 Å². The largest absolute Gasteiger partial charge is 0.497 e. The summed E-state index contributed by atoms with van der Waals surface area (Å²) in [5.41, 5.74) is 1.92. The lowest BCUT2D eigenvalue weighted by atomic mass is 10.0. The van der Waals surface area contributed by atoms with Gasteiger partial charge in [0.25, 0.3) is 0 Å². The van der Waals surface area contributed by atoms with Crippen molar-refractivity contribution in [2.24, 2.45) is 0 Å². The van der Waals surface area contributed by atoms with Gasteiger partial charge in [-0.1, -0.05) is 38.0 Å². The van der Waals surface area contributed by atoms with Crippen molar-refractivity contribution in [3.8, 4) is 17.2 Å².